The third-order valence-corrected chi connectivity index (χ3v) is 7.17. The number of carbonyl (C=O) groups is 2. The number of nitrogens with one attached hydrogen (secondary N) is 1. The van der Waals surface area contributed by atoms with Crippen LogP contribution in [0.3, 0.4) is 0 Å². The third-order valence-electron chi connectivity index (χ3n) is 7.17. The number of anilines is 1. The monoisotopic (exact) mass is 494 g/mol. The number of amides is 2. The van der Waals surface area contributed by atoms with Crippen LogP contribution in [0.15, 0.2) is 66.9 Å². The van der Waals surface area contributed by atoms with Crippen LogP contribution in [0, 0.1) is 0 Å². The SMILES string of the molecule is O=C(NCCCN1C(=O)C2(COc3cc4c(cc32)OCO4)c2ccccc21)c1cnc2ccccc2n1. The fourth-order valence-corrected chi connectivity index (χ4v) is 5.38. The zero-order valence-corrected chi connectivity index (χ0v) is 19.8. The van der Waals surface area contributed by atoms with Gasteiger partial charge in [-0.15, -0.1) is 0 Å². The van der Waals surface area contributed by atoms with Crippen molar-refractivity contribution in [3.8, 4) is 17.2 Å². The topological polar surface area (TPSA) is 103 Å². The number of rotatable bonds is 5. The van der Waals surface area contributed by atoms with E-state index in [1.807, 2.05) is 54.6 Å². The van der Waals surface area contributed by atoms with Crippen LogP contribution in [0.2, 0.25) is 0 Å². The van der Waals surface area contributed by atoms with Crippen LogP contribution < -0.4 is 24.4 Å². The molecule has 7 rings (SSSR count). The normalized spacial score (nSPS) is 18.7. The maximum Gasteiger partial charge on any atom is 0.271 e. The lowest BCUT2D eigenvalue weighted by molar-refractivity contribution is -0.122. The molecular formula is C28H22N4O5. The van der Waals surface area contributed by atoms with Crippen molar-refractivity contribution in [2.45, 2.75) is 11.8 Å². The van der Waals surface area contributed by atoms with Gasteiger partial charge < -0.3 is 24.4 Å². The zero-order valence-electron chi connectivity index (χ0n) is 19.8. The summed E-state index contributed by atoms with van der Waals surface area (Å²) in [6.07, 6.45) is 2.04. The molecule has 184 valence electrons. The first-order valence-electron chi connectivity index (χ1n) is 12.1. The minimum atomic E-state index is -0.934. The molecule has 2 amide bonds. The molecule has 0 radical (unpaired) electrons. The van der Waals surface area contributed by atoms with E-state index < -0.39 is 5.41 Å². The summed E-state index contributed by atoms with van der Waals surface area (Å²) in [6.45, 7) is 1.20. The Morgan fingerprint density at radius 1 is 0.946 bits per heavy atom. The predicted octanol–water partition coefficient (Wildman–Crippen LogP) is 3.20. The summed E-state index contributed by atoms with van der Waals surface area (Å²) >= 11 is 0. The molecule has 4 aromatic rings. The molecular weight excluding hydrogens is 472 g/mol. The summed E-state index contributed by atoms with van der Waals surface area (Å²) in [4.78, 5) is 37.1. The number of aromatic nitrogens is 2. The van der Waals surface area contributed by atoms with Gasteiger partial charge >= 0.3 is 0 Å². The maximum atomic E-state index is 14.0. The van der Waals surface area contributed by atoms with Crippen LogP contribution in [0.4, 0.5) is 5.69 Å². The molecule has 4 heterocycles. The molecule has 0 saturated carbocycles. The van der Waals surface area contributed by atoms with E-state index >= 15 is 0 Å². The fraction of sp³-hybridized carbons (Fsp3) is 0.214. The zero-order chi connectivity index (χ0) is 25.0. The smallest absolute Gasteiger partial charge is 0.271 e. The van der Waals surface area contributed by atoms with E-state index in [1.54, 1.807) is 11.0 Å². The van der Waals surface area contributed by atoms with Crippen molar-refractivity contribution < 1.29 is 23.8 Å². The molecule has 3 aliphatic heterocycles. The van der Waals surface area contributed by atoms with Gasteiger partial charge in [-0.3, -0.25) is 14.6 Å². The van der Waals surface area contributed by atoms with Crippen molar-refractivity contribution in [1.82, 2.24) is 15.3 Å². The van der Waals surface area contributed by atoms with Crippen molar-refractivity contribution in [2.24, 2.45) is 0 Å². The van der Waals surface area contributed by atoms with E-state index in [9.17, 15) is 9.59 Å². The molecule has 9 heteroatoms. The van der Waals surface area contributed by atoms with Gasteiger partial charge in [0.1, 0.15) is 23.5 Å². The highest BCUT2D eigenvalue weighted by molar-refractivity contribution is 6.11. The highest BCUT2D eigenvalue weighted by Crippen LogP contribution is 2.54. The molecule has 0 bridgehead atoms. The molecule has 1 atom stereocenters. The van der Waals surface area contributed by atoms with Gasteiger partial charge in [-0.25, -0.2) is 4.98 Å². The number of fused-ring (bicyclic) bond motifs is 6. The number of hydrogen-bond donors (Lipinski definition) is 1. The molecule has 1 aromatic heterocycles. The maximum absolute atomic E-state index is 14.0. The van der Waals surface area contributed by atoms with Gasteiger partial charge in [-0.2, -0.15) is 0 Å². The van der Waals surface area contributed by atoms with Crippen LogP contribution in [0.1, 0.15) is 28.0 Å². The van der Waals surface area contributed by atoms with Crippen molar-refractivity contribution >= 4 is 28.5 Å². The van der Waals surface area contributed by atoms with Gasteiger partial charge in [-0.1, -0.05) is 30.3 Å². The molecule has 3 aromatic carbocycles. The Morgan fingerprint density at radius 3 is 2.62 bits per heavy atom. The van der Waals surface area contributed by atoms with E-state index in [4.69, 9.17) is 14.2 Å². The molecule has 0 aliphatic carbocycles. The predicted molar refractivity (Wildman–Crippen MR) is 134 cm³/mol. The summed E-state index contributed by atoms with van der Waals surface area (Å²) in [5.74, 6) is 1.54. The first kappa shape index (κ1) is 21.6. The van der Waals surface area contributed by atoms with Gasteiger partial charge in [-0.05, 0) is 36.2 Å². The summed E-state index contributed by atoms with van der Waals surface area (Å²) in [6, 6.07) is 18.9. The Morgan fingerprint density at radius 2 is 1.73 bits per heavy atom. The first-order chi connectivity index (χ1) is 18.1. The molecule has 0 saturated heterocycles. The molecule has 37 heavy (non-hydrogen) atoms. The van der Waals surface area contributed by atoms with Gasteiger partial charge in [0.05, 0.1) is 17.2 Å². The number of carbonyl (C=O) groups excluding carboxylic acids is 2. The van der Waals surface area contributed by atoms with Gasteiger partial charge in [0.25, 0.3) is 5.91 Å². The Hall–Kier alpha value is -4.66. The van der Waals surface area contributed by atoms with E-state index in [-0.39, 0.29) is 30.9 Å². The second-order valence-electron chi connectivity index (χ2n) is 9.22. The number of hydrogen-bond acceptors (Lipinski definition) is 7. The lowest BCUT2D eigenvalue weighted by Gasteiger charge is -2.23. The molecule has 0 fully saturated rings. The van der Waals surface area contributed by atoms with Gasteiger partial charge in [0.2, 0.25) is 12.7 Å². The number of nitrogens with zero attached hydrogens (tertiary/aromatic N) is 3. The van der Waals surface area contributed by atoms with Gasteiger partial charge in [0, 0.05) is 30.4 Å². The van der Waals surface area contributed by atoms with E-state index in [1.165, 1.54) is 6.20 Å². The number of ether oxygens (including phenoxy) is 3. The Kier molecular flexibility index (Phi) is 4.78. The third kappa shape index (κ3) is 3.23. The average molecular weight is 495 g/mol. The summed E-state index contributed by atoms with van der Waals surface area (Å²) in [7, 11) is 0. The number of para-hydroxylation sites is 3. The van der Waals surface area contributed by atoms with Crippen molar-refractivity contribution in [2.75, 3.05) is 31.4 Å². The van der Waals surface area contributed by atoms with Crippen LogP contribution in [0.25, 0.3) is 11.0 Å². The first-order valence-corrected chi connectivity index (χ1v) is 12.1. The van der Waals surface area contributed by atoms with Crippen molar-refractivity contribution in [3.05, 3.63) is 83.7 Å². The highest BCUT2D eigenvalue weighted by atomic mass is 16.7. The Bertz CT molecular complexity index is 1590. The van der Waals surface area contributed by atoms with Crippen molar-refractivity contribution in [1.29, 1.82) is 0 Å². The molecule has 3 aliphatic rings. The van der Waals surface area contributed by atoms with Crippen LogP contribution in [-0.2, 0) is 10.2 Å². The second-order valence-corrected chi connectivity index (χ2v) is 9.22. The second kappa shape index (κ2) is 8.19. The molecule has 1 N–H and O–H groups in total. The van der Waals surface area contributed by atoms with Crippen LogP contribution in [-0.4, -0.2) is 48.3 Å². The lowest BCUT2D eigenvalue weighted by atomic mass is 9.77. The summed E-state index contributed by atoms with van der Waals surface area (Å²) in [5, 5.41) is 2.90. The Labute approximate surface area is 212 Å². The minimum absolute atomic E-state index is 0.0435. The minimum Gasteiger partial charge on any atom is -0.491 e. The summed E-state index contributed by atoms with van der Waals surface area (Å²) < 4.78 is 17.1. The van der Waals surface area contributed by atoms with Crippen molar-refractivity contribution in [3.63, 3.8) is 0 Å². The lowest BCUT2D eigenvalue weighted by Crippen LogP contribution is -2.43. The highest BCUT2D eigenvalue weighted by Gasteiger charge is 2.57. The quantitative estimate of drug-likeness (QED) is 0.425. The number of benzene rings is 3. The van der Waals surface area contributed by atoms with E-state index in [0.717, 1.165) is 22.3 Å². The standard InChI is InChI=1S/C28H22N4O5/c33-26(21-14-30-19-7-2-3-8-20(19)31-21)29-10-5-11-32-22-9-4-1-6-17(22)28(27(32)34)15-35-23-13-25-24(12-18(23)28)36-16-37-25/h1-4,6-9,12-14H,5,10-11,15-16H2,(H,29,33). The average Bonchev–Trinajstić information content (AvgIpc) is 3.61. The molecule has 1 spiro atoms. The van der Waals surface area contributed by atoms with E-state index in [0.29, 0.717) is 42.3 Å². The fourth-order valence-electron chi connectivity index (χ4n) is 5.38. The molecule has 1 unspecified atom stereocenters. The van der Waals surface area contributed by atoms with Crippen LogP contribution >= 0.6 is 0 Å². The molecule has 9 nitrogen and oxygen atoms in total. The van der Waals surface area contributed by atoms with Crippen LogP contribution in [0.5, 0.6) is 17.2 Å². The van der Waals surface area contributed by atoms with Gasteiger partial charge in [0.15, 0.2) is 11.5 Å². The Balaban J connectivity index is 1.09. The largest absolute Gasteiger partial charge is 0.491 e. The van der Waals surface area contributed by atoms with E-state index in [2.05, 4.69) is 15.3 Å². The summed E-state index contributed by atoms with van der Waals surface area (Å²) in [5.41, 5.74) is 3.29.